The van der Waals surface area contributed by atoms with Crippen LogP contribution in [0, 0.1) is 13.8 Å². The first-order valence-electron chi connectivity index (χ1n) is 7.88. The summed E-state index contributed by atoms with van der Waals surface area (Å²) in [5, 5.41) is -2.16. The molecule has 0 atom stereocenters. The number of nitrogens with zero attached hydrogens (tertiary/aromatic N) is 1. The zero-order valence-electron chi connectivity index (χ0n) is 14.7. The summed E-state index contributed by atoms with van der Waals surface area (Å²) < 4.78 is 46.7. The number of hydrogen-bond acceptors (Lipinski definition) is 4. The minimum Gasteiger partial charge on any atom is -0.457 e. The second kappa shape index (κ2) is 8.36. The van der Waals surface area contributed by atoms with Crippen LogP contribution in [-0.4, -0.2) is 27.6 Å². The minimum absolute atomic E-state index is 0.0211. The highest BCUT2D eigenvalue weighted by molar-refractivity contribution is 6.80. The van der Waals surface area contributed by atoms with Crippen LogP contribution < -0.4 is 0 Å². The van der Waals surface area contributed by atoms with Gasteiger partial charge in [-0.15, -0.1) is 0 Å². The Morgan fingerprint density at radius 1 is 1.14 bits per heavy atom. The number of rotatable bonds is 6. The molecule has 0 saturated carbocycles. The van der Waals surface area contributed by atoms with E-state index in [4.69, 9.17) is 23.2 Å². The van der Waals surface area contributed by atoms with Gasteiger partial charge in [-0.3, -0.25) is 9.59 Å². The maximum atomic E-state index is 13.6. The van der Waals surface area contributed by atoms with Gasteiger partial charge in [0.1, 0.15) is 6.61 Å². The molecule has 10 heteroatoms. The largest absolute Gasteiger partial charge is 0.457 e. The molecule has 150 valence electrons. The predicted molar refractivity (Wildman–Crippen MR) is 96.3 cm³/mol. The van der Waals surface area contributed by atoms with Gasteiger partial charge in [0.15, 0.2) is 0 Å². The number of halogens is 5. The summed E-state index contributed by atoms with van der Waals surface area (Å²) in [6, 6.07) is 3.73. The molecule has 0 N–H and O–H groups in total. The maximum Gasteiger partial charge on any atom is 0.417 e. The highest BCUT2D eigenvalue weighted by Crippen LogP contribution is 2.41. The summed E-state index contributed by atoms with van der Waals surface area (Å²) in [6.07, 6.45) is -3.35. The molecule has 0 bridgehead atoms. The number of benzene rings is 1. The average molecular weight is 436 g/mol. The van der Waals surface area contributed by atoms with Crippen molar-refractivity contribution in [3.63, 3.8) is 0 Å². The SMILES string of the molecule is Cc1cccc(C(F)(F)F)c1-c1c(C)c(C(=O)Cl)cn1CCOC(=O)C(=O)Cl. The summed E-state index contributed by atoms with van der Waals surface area (Å²) in [4.78, 5) is 33.6. The molecule has 0 fully saturated rings. The molecule has 28 heavy (non-hydrogen) atoms. The van der Waals surface area contributed by atoms with E-state index in [0.29, 0.717) is 5.56 Å². The van der Waals surface area contributed by atoms with Crippen LogP contribution in [0.5, 0.6) is 0 Å². The first kappa shape index (κ1) is 22.0. The molecule has 0 radical (unpaired) electrons. The lowest BCUT2D eigenvalue weighted by Crippen LogP contribution is -2.16. The maximum absolute atomic E-state index is 13.6. The summed E-state index contributed by atoms with van der Waals surface area (Å²) in [6.45, 7) is 2.52. The average Bonchev–Trinajstić information content (AvgIpc) is 2.90. The molecule has 5 nitrogen and oxygen atoms in total. The Kier molecular flexibility index (Phi) is 6.56. The molecule has 0 unspecified atom stereocenters. The van der Waals surface area contributed by atoms with Gasteiger partial charge < -0.3 is 9.30 Å². The Morgan fingerprint density at radius 2 is 1.79 bits per heavy atom. The van der Waals surface area contributed by atoms with Crippen molar-refractivity contribution in [2.75, 3.05) is 6.61 Å². The summed E-state index contributed by atoms with van der Waals surface area (Å²) in [5.41, 5.74) is -0.276. The van der Waals surface area contributed by atoms with Crippen molar-refractivity contribution in [2.45, 2.75) is 26.6 Å². The van der Waals surface area contributed by atoms with Crippen LogP contribution in [0.25, 0.3) is 11.3 Å². The lowest BCUT2D eigenvalue weighted by atomic mass is 9.95. The van der Waals surface area contributed by atoms with Crippen LogP contribution in [-0.2, 0) is 27.0 Å². The van der Waals surface area contributed by atoms with Gasteiger partial charge in [0.2, 0.25) is 0 Å². The fraction of sp³-hybridized carbons (Fsp3) is 0.278. The second-order valence-corrected chi connectivity index (χ2v) is 6.57. The molecule has 2 aromatic rings. The summed E-state index contributed by atoms with van der Waals surface area (Å²) in [5.74, 6) is -1.28. The fourth-order valence-electron chi connectivity index (χ4n) is 2.88. The van der Waals surface area contributed by atoms with Gasteiger partial charge in [0.25, 0.3) is 5.24 Å². The van der Waals surface area contributed by atoms with E-state index in [9.17, 15) is 27.6 Å². The van der Waals surface area contributed by atoms with Crippen LogP contribution >= 0.6 is 23.2 Å². The zero-order chi connectivity index (χ0) is 21.2. The molecule has 2 rings (SSSR count). The number of ether oxygens (including phenoxy) is 1. The first-order valence-corrected chi connectivity index (χ1v) is 8.64. The Morgan fingerprint density at radius 3 is 2.32 bits per heavy atom. The molecule has 1 aromatic heterocycles. The number of aromatic nitrogens is 1. The van der Waals surface area contributed by atoms with E-state index in [1.54, 1.807) is 0 Å². The van der Waals surface area contributed by atoms with E-state index in [0.717, 1.165) is 6.07 Å². The molecule has 1 aromatic carbocycles. The summed E-state index contributed by atoms with van der Waals surface area (Å²) >= 11 is 10.5. The Bertz CT molecular complexity index is 951. The first-order chi connectivity index (χ1) is 12.9. The van der Waals surface area contributed by atoms with E-state index in [2.05, 4.69) is 4.74 Å². The van der Waals surface area contributed by atoms with Crippen LogP contribution in [0.4, 0.5) is 13.2 Å². The van der Waals surface area contributed by atoms with Gasteiger partial charge in [-0.2, -0.15) is 13.2 Å². The van der Waals surface area contributed by atoms with E-state index in [1.807, 2.05) is 0 Å². The van der Waals surface area contributed by atoms with Crippen LogP contribution in [0.1, 0.15) is 27.0 Å². The van der Waals surface area contributed by atoms with Gasteiger partial charge >= 0.3 is 17.4 Å². The number of hydrogen-bond donors (Lipinski definition) is 0. The van der Waals surface area contributed by atoms with E-state index >= 15 is 0 Å². The van der Waals surface area contributed by atoms with Gasteiger partial charge in [-0.05, 0) is 54.2 Å². The molecular weight excluding hydrogens is 422 g/mol. The second-order valence-electron chi connectivity index (χ2n) is 5.89. The smallest absolute Gasteiger partial charge is 0.417 e. The van der Waals surface area contributed by atoms with Gasteiger partial charge in [-0.1, -0.05) is 12.1 Å². The lowest BCUT2D eigenvalue weighted by Gasteiger charge is -2.18. The number of carbonyl (C=O) groups is 3. The van der Waals surface area contributed by atoms with E-state index in [-0.39, 0.29) is 35.5 Å². The molecule has 0 aliphatic heterocycles. The van der Waals surface area contributed by atoms with E-state index in [1.165, 1.54) is 36.7 Å². The third kappa shape index (κ3) is 4.56. The third-order valence-corrected chi connectivity index (χ3v) is 4.44. The zero-order valence-corrected chi connectivity index (χ0v) is 16.2. The standard InChI is InChI=1S/C18H14Cl2F3NO4/c1-9-4-3-5-12(18(21,22)23)13(9)14-10(2)11(15(19)25)8-24(14)6-7-28-17(27)16(20)26/h3-5,8H,6-7H2,1-2H3. The van der Waals surface area contributed by atoms with Crippen molar-refractivity contribution in [1.29, 1.82) is 0 Å². The number of aryl methyl sites for hydroxylation is 1. The van der Waals surface area contributed by atoms with Crippen molar-refractivity contribution in [3.05, 3.63) is 46.6 Å². The quantitative estimate of drug-likeness (QED) is 0.381. The number of esters is 1. The van der Waals surface area contributed by atoms with Gasteiger partial charge in [0.05, 0.1) is 23.4 Å². The molecular formula is C18H14Cl2F3NO4. The predicted octanol–water partition coefficient (Wildman–Crippen LogP) is 4.48. The van der Waals surface area contributed by atoms with Crippen LogP contribution in [0.3, 0.4) is 0 Å². The van der Waals surface area contributed by atoms with Crippen molar-refractivity contribution in [3.8, 4) is 11.3 Å². The number of alkyl halides is 3. The highest BCUT2D eigenvalue weighted by atomic mass is 35.5. The van der Waals surface area contributed by atoms with E-state index < -0.39 is 28.2 Å². The molecule has 0 aliphatic rings. The Hall–Kier alpha value is -2.32. The molecule has 1 heterocycles. The number of carbonyl (C=O) groups excluding carboxylic acids is 3. The summed E-state index contributed by atoms with van der Waals surface area (Å²) in [7, 11) is 0. The van der Waals surface area contributed by atoms with Crippen molar-refractivity contribution in [2.24, 2.45) is 0 Å². The minimum atomic E-state index is -4.63. The van der Waals surface area contributed by atoms with Crippen molar-refractivity contribution >= 4 is 39.7 Å². The van der Waals surface area contributed by atoms with Gasteiger partial charge in [-0.25, -0.2) is 4.79 Å². The van der Waals surface area contributed by atoms with Crippen LogP contribution in [0.2, 0.25) is 0 Å². The molecule has 0 aliphatic carbocycles. The van der Waals surface area contributed by atoms with Gasteiger partial charge in [0, 0.05) is 11.8 Å². The van der Waals surface area contributed by atoms with Crippen molar-refractivity contribution in [1.82, 2.24) is 4.57 Å². The third-order valence-electron chi connectivity index (χ3n) is 4.08. The monoisotopic (exact) mass is 435 g/mol. The molecule has 0 saturated heterocycles. The fourth-order valence-corrected chi connectivity index (χ4v) is 3.12. The Balaban J connectivity index is 2.60. The topological polar surface area (TPSA) is 65.4 Å². The lowest BCUT2D eigenvalue weighted by molar-refractivity contribution is -0.150. The Labute approximate surface area is 168 Å². The van der Waals surface area contributed by atoms with Crippen molar-refractivity contribution < 1.29 is 32.3 Å². The van der Waals surface area contributed by atoms with Crippen LogP contribution in [0.15, 0.2) is 24.4 Å². The molecule has 0 spiro atoms. The molecule has 0 amide bonds. The normalized spacial score (nSPS) is 11.4. The highest BCUT2D eigenvalue weighted by Gasteiger charge is 2.36.